The Bertz CT molecular complexity index is 509. The Morgan fingerprint density at radius 2 is 1.15 bits per heavy atom. The molecule has 0 atom stereocenters. The van der Waals surface area contributed by atoms with E-state index in [1.807, 2.05) is 0 Å². The molecule has 3 rings (SSSR count). The number of nitrogens with two attached hydrogens (primary N) is 2. The second-order valence-electron chi connectivity index (χ2n) is 4.73. The molecule has 0 radical (unpaired) electrons. The number of nitrogen functional groups attached to an aromatic ring is 2. The van der Waals surface area contributed by atoms with Crippen LogP contribution in [0.5, 0.6) is 0 Å². The Kier molecular flexibility index (Phi) is 3.83. The normalized spacial score (nSPS) is 22.6. The summed E-state index contributed by atoms with van der Waals surface area (Å²) in [5.41, 5.74) is 11.1. The lowest BCUT2D eigenvalue weighted by Gasteiger charge is -2.29. The van der Waals surface area contributed by atoms with Crippen LogP contribution in [0.4, 0.5) is 20.5 Å². The van der Waals surface area contributed by atoms with Gasteiger partial charge in [-0.25, -0.2) is 0 Å². The summed E-state index contributed by atoms with van der Waals surface area (Å²) in [6.45, 7) is 0. The minimum atomic E-state index is 0.430. The fourth-order valence-corrected chi connectivity index (χ4v) is 3.49. The molecule has 2 aromatic heterocycles. The second-order valence-corrected chi connectivity index (χ2v) is 6.75. The zero-order chi connectivity index (χ0) is 13.9. The third-order valence-electron chi connectivity index (χ3n) is 3.26. The predicted molar refractivity (Wildman–Crippen MR) is 81.9 cm³/mol. The molecule has 108 valence electrons. The van der Waals surface area contributed by atoms with Crippen molar-refractivity contribution in [1.82, 2.24) is 20.4 Å². The van der Waals surface area contributed by atoms with E-state index in [0.717, 1.165) is 35.9 Å². The standard InChI is InChI=1S/C10H16N8S2/c11-7-15-17-9(19-7)13-5-1-2-6(4-3-5)14-10-18-16-8(12)20-10/h5-6H,1-4H2,(H2,11,15)(H2,12,16)(H,13,17)(H,14,18). The summed E-state index contributed by atoms with van der Waals surface area (Å²) in [5.74, 6) is 0. The molecule has 10 heteroatoms. The molecule has 0 spiro atoms. The van der Waals surface area contributed by atoms with Crippen LogP contribution in [0.2, 0.25) is 0 Å². The number of anilines is 4. The molecule has 1 fully saturated rings. The molecule has 0 amide bonds. The Morgan fingerprint density at radius 3 is 1.45 bits per heavy atom. The molecule has 0 aromatic carbocycles. The zero-order valence-electron chi connectivity index (χ0n) is 10.7. The van der Waals surface area contributed by atoms with E-state index in [0.29, 0.717) is 22.3 Å². The first-order chi connectivity index (χ1) is 9.69. The first kappa shape index (κ1) is 13.3. The number of rotatable bonds is 4. The number of nitrogens with one attached hydrogen (secondary N) is 2. The molecule has 20 heavy (non-hydrogen) atoms. The number of nitrogens with zero attached hydrogens (tertiary/aromatic N) is 4. The Hall–Kier alpha value is -1.68. The van der Waals surface area contributed by atoms with Gasteiger partial charge in [0, 0.05) is 12.1 Å². The lowest BCUT2D eigenvalue weighted by molar-refractivity contribution is 0.428. The van der Waals surface area contributed by atoms with Crippen LogP contribution >= 0.6 is 22.7 Å². The van der Waals surface area contributed by atoms with Crippen LogP contribution in [-0.2, 0) is 0 Å². The topological polar surface area (TPSA) is 128 Å². The van der Waals surface area contributed by atoms with Gasteiger partial charge in [0.15, 0.2) is 0 Å². The van der Waals surface area contributed by atoms with Gasteiger partial charge in [0.1, 0.15) is 0 Å². The summed E-state index contributed by atoms with van der Waals surface area (Å²) >= 11 is 2.77. The lowest BCUT2D eigenvalue weighted by atomic mass is 9.91. The summed E-state index contributed by atoms with van der Waals surface area (Å²) in [7, 11) is 0. The van der Waals surface area contributed by atoms with Crippen molar-refractivity contribution in [3.8, 4) is 0 Å². The Morgan fingerprint density at radius 1 is 0.750 bits per heavy atom. The number of aromatic nitrogens is 4. The maximum Gasteiger partial charge on any atom is 0.207 e. The molecular weight excluding hydrogens is 296 g/mol. The highest BCUT2D eigenvalue weighted by Crippen LogP contribution is 2.27. The molecule has 1 aliphatic carbocycles. The van der Waals surface area contributed by atoms with E-state index in [4.69, 9.17) is 11.5 Å². The number of hydrogen-bond donors (Lipinski definition) is 4. The van der Waals surface area contributed by atoms with E-state index in [2.05, 4.69) is 31.0 Å². The summed E-state index contributed by atoms with van der Waals surface area (Å²) in [6.07, 6.45) is 4.30. The maximum atomic E-state index is 5.57. The lowest BCUT2D eigenvalue weighted by Crippen LogP contribution is -2.32. The highest BCUT2D eigenvalue weighted by molar-refractivity contribution is 7.19. The van der Waals surface area contributed by atoms with Gasteiger partial charge in [0.05, 0.1) is 0 Å². The van der Waals surface area contributed by atoms with Crippen molar-refractivity contribution in [2.45, 2.75) is 37.8 Å². The van der Waals surface area contributed by atoms with Gasteiger partial charge >= 0.3 is 0 Å². The SMILES string of the molecule is Nc1nnc(NC2CCC(Nc3nnc(N)s3)CC2)s1. The monoisotopic (exact) mass is 312 g/mol. The zero-order valence-corrected chi connectivity index (χ0v) is 12.4. The van der Waals surface area contributed by atoms with E-state index in [1.54, 1.807) is 0 Å². The van der Waals surface area contributed by atoms with Crippen molar-refractivity contribution in [3.63, 3.8) is 0 Å². The van der Waals surface area contributed by atoms with Crippen LogP contribution in [0.15, 0.2) is 0 Å². The van der Waals surface area contributed by atoms with Crippen LogP contribution in [0.1, 0.15) is 25.7 Å². The maximum absolute atomic E-state index is 5.57. The summed E-state index contributed by atoms with van der Waals surface area (Å²) < 4.78 is 0. The van der Waals surface area contributed by atoms with Gasteiger partial charge < -0.3 is 22.1 Å². The highest BCUT2D eigenvalue weighted by atomic mass is 32.1. The van der Waals surface area contributed by atoms with Gasteiger partial charge in [-0.2, -0.15) is 0 Å². The van der Waals surface area contributed by atoms with Crippen molar-refractivity contribution in [1.29, 1.82) is 0 Å². The smallest absolute Gasteiger partial charge is 0.207 e. The quantitative estimate of drug-likeness (QED) is 0.667. The van der Waals surface area contributed by atoms with Crippen molar-refractivity contribution in [2.24, 2.45) is 0 Å². The van der Waals surface area contributed by atoms with Crippen LogP contribution in [0, 0.1) is 0 Å². The van der Waals surface area contributed by atoms with Crippen molar-refractivity contribution < 1.29 is 0 Å². The molecule has 1 saturated carbocycles. The van der Waals surface area contributed by atoms with Crippen molar-refractivity contribution >= 4 is 43.2 Å². The van der Waals surface area contributed by atoms with E-state index in [1.165, 1.54) is 22.7 Å². The fourth-order valence-electron chi connectivity index (χ4n) is 2.32. The molecule has 0 bridgehead atoms. The largest absolute Gasteiger partial charge is 0.374 e. The van der Waals surface area contributed by atoms with Gasteiger partial charge in [0.2, 0.25) is 20.5 Å². The molecule has 0 aliphatic heterocycles. The first-order valence-corrected chi connectivity index (χ1v) is 8.03. The van der Waals surface area contributed by atoms with Crippen molar-refractivity contribution in [3.05, 3.63) is 0 Å². The molecule has 2 aromatic rings. The Balaban J connectivity index is 1.47. The van der Waals surface area contributed by atoms with E-state index >= 15 is 0 Å². The Labute approximate surface area is 124 Å². The molecule has 8 nitrogen and oxygen atoms in total. The average Bonchev–Trinajstić information content (AvgIpc) is 3.01. The van der Waals surface area contributed by atoms with E-state index < -0.39 is 0 Å². The third kappa shape index (κ3) is 3.25. The van der Waals surface area contributed by atoms with Gasteiger partial charge in [-0.15, -0.1) is 20.4 Å². The summed E-state index contributed by atoms with van der Waals surface area (Å²) in [6, 6.07) is 0.861. The van der Waals surface area contributed by atoms with Crippen LogP contribution in [-0.4, -0.2) is 32.5 Å². The average molecular weight is 312 g/mol. The van der Waals surface area contributed by atoms with E-state index in [9.17, 15) is 0 Å². The predicted octanol–water partition coefficient (Wildman–Crippen LogP) is 1.39. The molecule has 0 unspecified atom stereocenters. The third-order valence-corrected chi connectivity index (χ3v) is 4.63. The van der Waals surface area contributed by atoms with Gasteiger partial charge in [-0.3, -0.25) is 0 Å². The first-order valence-electron chi connectivity index (χ1n) is 6.40. The molecule has 2 heterocycles. The van der Waals surface area contributed by atoms with Gasteiger partial charge in [-0.05, 0) is 25.7 Å². The number of hydrogen-bond acceptors (Lipinski definition) is 10. The van der Waals surface area contributed by atoms with Crippen LogP contribution < -0.4 is 22.1 Å². The van der Waals surface area contributed by atoms with E-state index in [-0.39, 0.29) is 0 Å². The molecule has 0 saturated heterocycles. The highest BCUT2D eigenvalue weighted by Gasteiger charge is 2.22. The second kappa shape index (κ2) is 5.75. The summed E-state index contributed by atoms with van der Waals surface area (Å²) in [5, 5.41) is 24.9. The minimum absolute atomic E-state index is 0.430. The van der Waals surface area contributed by atoms with Gasteiger partial charge in [-0.1, -0.05) is 22.7 Å². The van der Waals surface area contributed by atoms with Crippen molar-refractivity contribution in [2.75, 3.05) is 22.1 Å². The molecular formula is C10H16N8S2. The fraction of sp³-hybridized carbons (Fsp3) is 0.600. The molecule has 1 aliphatic rings. The minimum Gasteiger partial charge on any atom is -0.374 e. The summed E-state index contributed by atoms with van der Waals surface area (Å²) in [4.78, 5) is 0. The molecule has 6 N–H and O–H groups in total. The van der Waals surface area contributed by atoms with Gasteiger partial charge in [0.25, 0.3) is 0 Å². The van der Waals surface area contributed by atoms with Crippen LogP contribution in [0.25, 0.3) is 0 Å². The van der Waals surface area contributed by atoms with Crippen LogP contribution in [0.3, 0.4) is 0 Å².